The van der Waals surface area contributed by atoms with Gasteiger partial charge >= 0.3 is 18.2 Å². The van der Waals surface area contributed by atoms with Gasteiger partial charge in [0.15, 0.2) is 5.82 Å². The van der Waals surface area contributed by atoms with Crippen LogP contribution in [-0.4, -0.2) is 46.2 Å². The van der Waals surface area contributed by atoms with Crippen molar-refractivity contribution < 1.29 is 28.6 Å². The summed E-state index contributed by atoms with van der Waals surface area (Å²) in [5.74, 6) is -0.421. The van der Waals surface area contributed by atoms with E-state index in [4.69, 9.17) is 14.2 Å². The lowest BCUT2D eigenvalue weighted by Gasteiger charge is -2.29. The largest absolute Gasteiger partial charge is 0.469 e. The van der Waals surface area contributed by atoms with Crippen molar-refractivity contribution >= 4 is 24.0 Å². The Morgan fingerprint density at radius 2 is 1.59 bits per heavy atom. The third-order valence-corrected chi connectivity index (χ3v) is 4.97. The lowest BCUT2D eigenvalue weighted by atomic mass is 9.99. The Labute approximate surface area is 218 Å². The van der Waals surface area contributed by atoms with Gasteiger partial charge < -0.3 is 14.2 Å². The molecule has 2 amide bonds. The van der Waals surface area contributed by atoms with E-state index in [0.717, 1.165) is 16.0 Å². The molecular weight excluding hydrogens is 476 g/mol. The van der Waals surface area contributed by atoms with Crippen molar-refractivity contribution in [2.75, 3.05) is 12.0 Å². The van der Waals surface area contributed by atoms with E-state index in [-0.39, 0.29) is 35.5 Å². The fourth-order valence-corrected chi connectivity index (χ4v) is 3.49. The zero-order valence-corrected chi connectivity index (χ0v) is 23.3. The molecule has 0 aliphatic carbocycles. The predicted molar refractivity (Wildman–Crippen MR) is 138 cm³/mol. The molecule has 0 unspecified atom stereocenters. The molecule has 0 fully saturated rings. The molecule has 1 aromatic heterocycles. The van der Waals surface area contributed by atoms with Crippen LogP contribution >= 0.6 is 0 Å². The number of carbonyl (C=O) groups is 3. The summed E-state index contributed by atoms with van der Waals surface area (Å²) in [6, 6.07) is 7.09. The Kier molecular flexibility index (Phi) is 8.75. The van der Waals surface area contributed by atoms with E-state index in [1.165, 1.54) is 11.8 Å². The highest BCUT2D eigenvalue weighted by Gasteiger charge is 2.38. The Bertz CT molecular complexity index is 1200. The summed E-state index contributed by atoms with van der Waals surface area (Å²) in [7, 11) is 1.32. The van der Waals surface area contributed by atoms with Gasteiger partial charge in [-0.2, -0.15) is 15.3 Å². The number of rotatable bonds is 5. The fourth-order valence-electron chi connectivity index (χ4n) is 3.49. The Morgan fingerprint density at radius 3 is 2.00 bits per heavy atom. The third kappa shape index (κ3) is 7.32. The van der Waals surface area contributed by atoms with Crippen LogP contribution in [-0.2, 0) is 25.4 Å². The molecular formula is C27H36N4O6. The van der Waals surface area contributed by atoms with Crippen molar-refractivity contribution in [3.63, 3.8) is 0 Å². The normalized spacial score (nSPS) is 11.6. The van der Waals surface area contributed by atoms with Crippen LogP contribution in [0.2, 0.25) is 0 Å². The van der Waals surface area contributed by atoms with Gasteiger partial charge in [-0.25, -0.2) is 14.3 Å². The minimum atomic E-state index is -0.989. The highest BCUT2D eigenvalue weighted by Crippen LogP contribution is 2.36. The minimum absolute atomic E-state index is 0.00855. The number of aromatic nitrogens is 2. The number of amides is 2. The Morgan fingerprint density at radius 1 is 1.05 bits per heavy atom. The second-order valence-corrected chi connectivity index (χ2v) is 10.9. The number of esters is 1. The summed E-state index contributed by atoms with van der Waals surface area (Å²) in [6.07, 6.45) is -1.88. The molecule has 10 heteroatoms. The average Bonchev–Trinajstić information content (AvgIpc) is 3.10. The minimum Gasteiger partial charge on any atom is -0.469 e. The molecule has 37 heavy (non-hydrogen) atoms. The van der Waals surface area contributed by atoms with Gasteiger partial charge in [0.05, 0.1) is 13.5 Å². The number of hydrogen-bond acceptors (Lipinski definition) is 8. The molecule has 0 N–H and O–H groups in total. The maximum atomic E-state index is 13.3. The van der Waals surface area contributed by atoms with Gasteiger partial charge in [0, 0.05) is 11.6 Å². The first-order valence-corrected chi connectivity index (χ1v) is 11.9. The van der Waals surface area contributed by atoms with Gasteiger partial charge in [-0.3, -0.25) is 4.79 Å². The Hall–Kier alpha value is -3.87. The number of anilines is 1. The highest BCUT2D eigenvalue weighted by molar-refractivity contribution is 6.10. The zero-order chi connectivity index (χ0) is 28.3. The summed E-state index contributed by atoms with van der Waals surface area (Å²) in [5, 5.41) is 14.9. The number of benzene rings is 1. The van der Waals surface area contributed by atoms with Crippen LogP contribution in [0.1, 0.15) is 78.1 Å². The quantitative estimate of drug-likeness (QED) is 0.369. The van der Waals surface area contributed by atoms with Crippen LogP contribution in [0.15, 0.2) is 18.2 Å². The van der Waals surface area contributed by atoms with E-state index in [2.05, 4.69) is 11.2 Å². The molecule has 2 rings (SSSR count). The van der Waals surface area contributed by atoms with E-state index in [1.54, 1.807) is 59.7 Å². The van der Waals surface area contributed by atoms with Gasteiger partial charge in [-0.05, 0) is 73.4 Å². The van der Waals surface area contributed by atoms with Crippen LogP contribution < -0.4 is 4.90 Å². The van der Waals surface area contributed by atoms with Crippen LogP contribution in [0.3, 0.4) is 0 Å². The van der Waals surface area contributed by atoms with Crippen molar-refractivity contribution in [3.8, 4) is 17.3 Å². The molecule has 0 atom stereocenters. The van der Waals surface area contributed by atoms with Crippen LogP contribution in [0.5, 0.6) is 0 Å². The maximum absolute atomic E-state index is 13.3. The van der Waals surface area contributed by atoms with E-state index in [1.807, 2.05) is 20.8 Å². The summed E-state index contributed by atoms with van der Waals surface area (Å²) in [5.41, 5.74) is 0.556. The number of carbonyl (C=O) groups excluding carboxylic acids is 3. The van der Waals surface area contributed by atoms with E-state index >= 15 is 0 Å². The number of nitrogens with zero attached hydrogens (tertiary/aromatic N) is 4. The molecule has 10 nitrogen and oxygen atoms in total. The van der Waals surface area contributed by atoms with E-state index < -0.39 is 23.4 Å². The average molecular weight is 513 g/mol. The number of imide groups is 1. The second kappa shape index (κ2) is 11.0. The summed E-state index contributed by atoms with van der Waals surface area (Å²) in [4.78, 5) is 39.1. The SMILES string of the molecule is COC(=O)Cc1ccc(-c2nn(C(C)C)c(N(C(=O)OC(C)(C)C)C(=O)OC(C)(C)C)c2C#N)c(C)c1. The lowest BCUT2D eigenvalue weighted by molar-refractivity contribution is -0.139. The summed E-state index contributed by atoms with van der Waals surface area (Å²) < 4.78 is 17.2. The molecule has 0 saturated heterocycles. The predicted octanol–water partition coefficient (Wildman–Crippen LogP) is 5.70. The first kappa shape index (κ1) is 29.4. The number of ether oxygens (including phenoxy) is 3. The van der Waals surface area contributed by atoms with Gasteiger partial charge in [0.25, 0.3) is 0 Å². The number of methoxy groups -OCH3 is 1. The van der Waals surface area contributed by atoms with E-state index in [0.29, 0.717) is 5.56 Å². The molecule has 1 aromatic carbocycles. The molecule has 0 spiro atoms. The molecule has 200 valence electrons. The molecule has 2 aromatic rings. The first-order valence-electron chi connectivity index (χ1n) is 11.9. The molecule has 0 saturated carbocycles. The monoisotopic (exact) mass is 512 g/mol. The third-order valence-electron chi connectivity index (χ3n) is 4.97. The molecule has 0 aliphatic heterocycles. The van der Waals surface area contributed by atoms with Crippen molar-refractivity contribution in [1.82, 2.24) is 9.78 Å². The summed E-state index contributed by atoms with van der Waals surface area (Å²) in [6.45, 7) is 15.5. The standard InChI is InChI=1S/C27H36N4O6/c1-16(2)31-23(30(24(33)36-26(4,5)6)25(34)37-27(7,8)9)20(15-28)22(29-31)19-12-11-18(13-17(19)3)14-21(32)35-10/h11-13,16H,14H2,1-10H3. The molecule has 0 aliphatic rings. The number of hydrogen-bond donors (Lipinski definition) is 0. The van der Waals surface area contributed by atoms with Crippen molar-refractivity contribution in [3.05, 3.63) is 34.9 Å². The van der Waals surface area contributed by atoms with Crippen molar-refractivity contribution in [2.24, 2.45) is 0 Å². The van der Waals surface area contributed by atoms with Gasteiger partial charge in [0.1, 0.15) is 28.5 Å². The smallest absolute Gasteiger partial charge is 0.425 e. The zero-order valence-electron chi connectivity index (χ0n) is 23.3. The van der Waals surface area contributed by atoms with E-state index in [9.17, 15) is 19.6 Å². The van der Waals surface area contributed by atoms with Gasteiger partial charge in [-0.15, -0.1) is 0 Å². The molecule has 0 bridgehead atoms. The Balaban J connectivity index is 2.78. The van der Waals surface area contributed by atoms with Crippen molar-refractivity contribution in [1.29, 1.82) is 5.26 Å². The fraction of sp³-hybridized carbons (Fsp3) is 0.519. The lowest BCUT2D eigenvalue weighted by Crippen LogP contribution is -2.45. The summed E-state index contributed by atoms with van der Waals surface area (Å²) >= 11 is 0. The molecule has 1 heterocycles. The van der Waals surface area contributed by atoms with Gasteiger partial charge in [0.2, 0.25) is 0 Å². The second-order valence-electron chi connectivity index (χ2n) is 10.9. The van der Waals surface area contributed by atoms with Crippen LogP contribution in [0.25, 0.3) is 11.3 Å². The highest BCUT2D eigenvalue weighted by atomic mass is 16.6. The maximum Gasteiger partial charge on any atom is 0.425 e. The van der Waals surface area contributed by atoms with Crippen LogP contribution in [0.4, 0.5) is 15.4 Å². The number of nitriles is 1. The first-order chi connectivity index (χ1) is 17.0. The number of aryl methyl sites for hydroxylation is 1. The molecule has 0 radical (unpaired) electrons. The van der Waals surface area contributed by atoms with Gasteiger partial charge in [-0.1, -0.05) is 18.2 Å². The topological polar surface area (TPSA) is 124 Å². The van der Waals surface area contributed by atoms with Crippen molar-refractivity contribution in [2.45, 2.75) is 86.0 Å². The van der Waals surface area contributed by atoms with Crippen LogP contribution in [0, 0.1) is 18.3 Å².